The van der Waals surface area contributed by atoms with Gasteiger partial charge in [-0.2, -0.15) is 13.2 Å². The SMILES string of the molecule is COCCN(C)C(=O)Nc1ccc(NC(=O)c2ccccc2)cc1C(F)(F)F. The molecule has 0 aliphatic heterocycles. The lowest BCUT2D eigenvalue weighted by molar-refractivity contribution is -0.136. The molecule has 0 spiro atoms. The number of hydrogen-bond donors (Lipinski definition) is 2. The highest BCUT2D eigenvalue weighted by molar-refractivity contribution is 6.04. The van der Waals surface area contributed by atoms with Gasteiger partial charge in [-0.05, 0) is 30.3 Å². The van der Waals surface area contributed by atoms with E-state index < -0.39 is 29.4 Å². The number of alkyl halides is 3. The quantitative estimate of drug-likeness (QED) is 0.775. The monoisotopic (exact) mass is 395 g/mol. The van der Waals surface area contributed by atoms with Crippen molar-refractivity contribution in [3.63, 3.8) is 0 Å². The average molecular weight is 395 g/mol. The van der Waals surface area contributed by atoms with Gasteiger partial charge in [0.2, 0.25) is 0 Å². The largest absolute Gasteiger partial charge is 0.418 e. The van der Waals surface area contributed by atoms with Gasteiger partial charge in [0, 0.05) is 32.0 Å². The minimum absolute atomic E-state index is 0.0353. The van der Waals surface area contributed by atoms with E-state index in [1.165, 1.54) is 25.1 Å². The molecule has 2 aromatic carbocycles. The first kappa shape index (κ1) is 21.2. The number of halogens is 3. The maximum atomic E-state index is 13.4. The molecule has 6 nitrogen and oxygen atoms in total. The number of methoxy groups -OCH3 is 1. The molecule has 0 aliphatic rings. The molecule has 0 saturated heterocycles. The molecular weight excluding hydrogens is 375 g/mol. The maximum absolute atomic E-state index is 13.4. The van der Waals surface area contributed by atoms with Gasteiger partial charge in [0.1, 0.15) is 0 Å². The summed E-state index contributed by atoms with van der Waals surface area (Å²) in [6, 6.07) is 10.6. The number of rotatable bonds is 6. The van der Waals surface area contributed by atoms with Gasteiger partial charge in [0.15, 0.2) is 0 Å². The summed E-state index contributed by atoms with van der Waals surface area (Å²) in [5.41, 5.74) is -1.19. The highest BCUT2D eigenvalue weighted by atomic mass is 19.4. The number of benzene rings is 2. The summed E-state index contributed by atoms with van der Waals surface area (Å²) in [5, 5.41) is 4.66. The fourth-order valence-electron chi connectivity index (χ4n) is 2.30. The van der Waals surface area contributed by atoms with E-state index in [0.29, 0.717) is 5.56 Å². The van der Waals surface area contributed by atoms with Crippen molar-refractivity contribution in [1.29, 1.82) is 0 Å². The van der Waals surface area contributed by atoms with Gasteiger partial charge in [0.25, 0.3) is 5.91 Å². The first-order valence-corrected chi connectivity index (χ1v) is 8.31. The molecule has 9 heteroatoms. The van der Waals surface area contributed by atoms with E-state index in [0.717, 1.165) is 12.1 Å². The molecule has 0 unspecified atom stereocenters. The number of likely N-dealkylation sites (N-methyl/N-ethyl adjacent to an activating group) is 1. The minimum Gasteiger partial charge on any atom is -0.383 e. The topological polar surface area (TPSA) is 70.7 Å². The second-order valence-corrected chi connectivity index (χ2v) is 5.92. The summed E-state index contributed by atoms with van der Waals surface area (Å²) in [4.78, 5) is 25.4. The summed E-state index contributed by atoms with van der Waals surface area (Å²) < 4.78 is 45.2. The summed E-state index contributed by atoms with van der Waals surface area (Å²) >= 11 is 0. The Labute approximate surface area is 160 Å². The first-order chi connectivity index (χ1) is 13.2. The molecule has 2 N–H and O–H groups in total. The second-order valence-electron chi connectivity index (χ2n) is 5.92. The predicted molar refractivity (Wildman–Crippen MR) is 99.4 cm³/mol. The van der Waals surface area contributed by atoms with Crippen LogP contribution >= 0.6 is 0 Å². The molecule has 3 amide bonds. The van der Waals surface area contributed by atoms with Crippen LogP contribution in [0.15, 0.2) is 48.5 Å². The second kappa shape index (κ2) is 9.23. The Hall–Kier alpha value is -3.07. The van der Waals surface area contributed by atoms with Crippen LogP contribution in [0.1, 0.15) is 15.9 Å². The molecular formula is C19H20F3N3O3. The number of carbonyl (C=O) groups excluding carboxylic acids is 2. The van der Waals surface area contributed by atoms with Crippen LogP contribution in [0.2, 0.25) is 0 Å². The summed E-state index contributed by atoms with van der Waals surface area (Å²) in [6.45, 7) is 0.468. The zero-order valence-corrected chi connectivity index (χ0v) is 15.3. The zero-order valence-electron chi connectivity index (χ0n) is 15.3. The molecule has 2 aromatic rings. The van der Waals surface area contributed by atoms with Gasteiger partial charge in [-0.3, -0.25) is 4.79 Å². The molecule has 28 heavy (non-hydrogen) atoms. The van der Waals surface area contributed by atoms with Crippen molar-refractivity contribution in [1.82, 2.24) is 4.90 Å². The highest BCUT2D eigenvalue weighted by Gasteiger charge is 2.34. The van der Waals surface area contributed by atoms with Crippen LogP contribution in [-0.2, 0) is 10.9 Å². The molecule has 150 valence electrons. The number of nitrogens with one attached hydrogen (secondary N) is 2. The van der Waals surface area contributed by atoms with Crippen molar-refractivity contribution in [3.05, 3.63) is 59.7 Å². The number of amides is 3. The lowest BCUT2D eigenvalue weighted by atomic mass is 10.1. The first-order valence-electron chi connectivity index (χ1n) is 8.31. The zero-order chi connectivity index (χ0) is 20.7. The van der Waals surface area contributed by atoms with Gasteiger partial charge in [0.05, 0.1) is 17.9 Å². The van der Waals surface area contributed by atoms with Crippen LogP contribution in [0.4, 0.5) is 29.3 Å². The molecule has 0 heterocycles. The molecule has 0 aliphatic carbocycles. The fraction of sp³-hybridized carbons (Fsp3) is 0.263. The molecule has 2 rings (SSSR count). The average Bonchev–Trinajstić information content (AvgIpc) is 2.67. The smallest absolute Gasteiger partial charge is 0.383 e. The Bertz CT molecular complexity index is 826. The summed E-state index contributed by atoms with van der Waals surface area (Å²) in [5.74, 6) is -0.537. The Morgan fingerprint density at radius 1 is 1.07 bits per heavy atom. The Balaban J connectivity index is 2.21. The van der Waals surface area contributed by atoms with Crippen molar-refractivity contribution < 1.29 is 27.5 Å². The maximum Gasteiger partial charge on any atom is 0.418 e. The summed E-state index contributed by atoms with van der Waals surface area (Å²) in [6.07, 6.45) is -4.72. The van der Waals surface area contributed by atoms with Crippen LogP contribution in [0, 0.1) is 0 Å². The summed E-state index contributed by atoms with van der Waals surface area (Å²) in [7, 11) is 2.89. The fourth-order valence-corrected chi connectivity index (χ4v) is 2.30. The minimum atomic E-state index is -4.72. The Morgan fingerprint density at radius 3 is 2.36 bits per heavy atom. The van der Waals surface area contributed by atoms with E-state index in [-0.39, 0.29) is 18.8 Å². The lowest BCUT2D eigenvalue weighted by Gasteiger charge is -2.20. The lowest BCUT2D eigenvalue weighted by Crippen LogP contribution is -2.34. The van der Waals surface area contributed by atoms with Crippen molar-refractivity contribution in [2.45, 2.75) is 6.18 Å². The number of ether oxygens (including phenoxy) is 1. The standard InChI is InChI=1S/C19H20F3N3O3/c1-25(10-11-28-2)18(27)24-16-9-8-14(12-15(16)19(20,21)22)23-17(26)13-6-4-3-5-7-13/h3-9,12H,10-11H2,1-2H3,(H,23,26)(H,24,27). The third-order valence-electron chi connectivity index (χ3n) is 3.84. The van der Waals surface area contributed by atoms with Crippen LogP contribution in [0.3, 0.4) is 0 Å². The molecule has 0 radical (unpaired) electrons. The van der Waals surface area contributed by atoms with E-state index in [4.69, 9.17) is 4.74 Å². The van der Waals surface area contributed by atoms with Crippen LogP contribution < -0.4 is 10.6 Å². The van der Waals surface area contributed by atoms with Crippen LogP contribution in [0.5, 0.6) is 0 Å². The molecule has 0 fully saturated rings. The number of hydrogen-bond acceptors (Lipinski definition) is 3. The van der Waals surface area contributed by atoms with Crippen molar-refractivity contribution >= 4 is 23.3 Å². The number of anilines is 2. The van der Waals surface area contributed by atoms with Gasteiger partial charge < -0.3 is 20.3 Å². The third-order valence-corrected chi connectivity index (χ3v) is 3.84. The van der Waals surface area contributed by atoms with Crippen molar-refractivity contribution in [3.8, 4) is 0 Å². The molecule has 0 saturated carbocycles. The van der Waals surface area contributed by atoms with Gasteiger partial charge >= 0.3 is 12.2 Å². The van der Waals surface area contributed by atoms with Crippen LogP contribution in [0.25, 0.3) is 0 Å². The number of urea groups is 1. The van der Waals surface area contributed by atoms with E-state index in [1.807, 2.05) is 0 Å². The van der Waals surface area contributed by atoms with Gasteiger partial charge in [-0.25, -0.2) is 4.79 Å². The van der Waals surface area contributed by atoms with Gasteiger partial charge in [-0.15, -0.1) is 0 Å². The molecule has 0 atom stereocenters. The van der Waals surface area contributed by atoms with Gasteiger partial charge in [-0.1, -0.05) is 18.2 Å². The number of nitrogens with zero attached hydrogens (tertiary/aromatic N) is 1. The molecule has 0 aromatic heterocycles. The molecule has 0 bridgehead atoms. The van der Waals surface area contributed by atoms with Crippen molar-refractivity contribution in [2.75, 3.05) is 37.9 Å². The predicted octanol–water partition coefficient (Wildman–Crippen LogP) is 4.07. The third kappa shape index (κ3) is 5.71. The van der Waals surface area contributed by atoms with E-state index >= 15 is 0 Å². The van der Waals surface area contributed by atoms with Crippen LogP contribution in [-0.4, -0.2) is 44.1 Å². The Morgan fingerprint density at radius 2 is 1.75 bits per heavy atom. The van der Waals surface area contributed by atoms with E-state index in [2.05, 4.69) is 10.6 Å². The highest BCUT2D eigenvalue weighted by Crippen LogP contribution is 2.36. The van der Waals surface area contributed by atoms with E-state index in [1.54, 1.807) is 30.3 Å². The normalized spacial score (nSPS) is 11.0. The van der Waals surface area contributed by atoms with Crippen molar-refractivity contribution in [2.24, 2.45) is 0 Å². The number of carbonyl (C=O) groups is 2. The Kier molecular flexibility index (Phi) is 7.00. The van der Waals surface area contributed by atoms with E-state index in [9.17, 15) is 22.8 Å².